The molecule has 2 saturated carbocycles. The molecule has 2 bridgehead atoms. The van der Waals surface area contributed by atoms with Gasteiger partial charge in [0.1, 0.15) is 0 Å². The average Bonchev–Trinajstić information content (AvgIpc) is 2.80. The lowest BCUT2D eigenvalue weighted by Crippen LogP contribution is -2.51. The van der Waals surface area contributed by atoms with Gasteiger partial charge in [0.05, 0.1) is 10.2 Å². The van der Waals surface area contributed by atoms with Crippen molar-refractivity contribution in [3.8, 4) is 0 Å². The minimum absolute atomic E-state index is 0.0230. The summed E-state index contributed by atoms with van der Waals surface area (Å²) in [5.74, 6) is 0.210. The average molecular weight is 378 g/mol. The van der Waals surface area contributed by atoms with E-state index >= 15 is 0 Å². The molecule has 0 radical (unpaired) electrons. The third-order valence-corrected chi connectivity index (χ3v) is 7.87. The number of benzene rings is 1. The molecular weight excluding hydrogens is 354 g/mol. The number of carbonyl (C=O) groups excluding carboxylic acids is 2. The zero-order chi connectivity index (χ0) is 16.9. The Balaban J connectivity index is 1.75. The van der Waals surface area contributed by atoms with Gasteiger partial charge in [0.25, 0.3) is 0 Å². The van der Waals surface area contributed by atoms with Crippen molar-refractivity contribution in [1.29, 1.82) is 0 Å². The van der Waals surface area contributed by atoms with Gasteiger partial charge in [-0.3, -0.25) is 9.59 Å². The molecule has 0 saturated heterocycles. The number of ketones is 1. The third-order valence-electron chi connectivity index (χ3n) is 6.67. The fourth-order valence-electron chi connectivity index (χ4n) is 4.58. The highest BCUT2D eigenvalue weighted by Gasteiger charge is 2.76. The number of halogens is 1. The van der Waals surface area contributed by atoms with Crippen LogP contribution in [0.3, 0.4) is 0 Å². The fraction of sp³-hybridized carbons (Fsp3) is 0.579. The summed E-state index contributed by atoms with van der Waals surface area (Å²) in [5.41, 5.74) is -0.158. The fourth-order valence-corrected chi connectivity index (χ4v) is 6.09. The maximum Gasteiger partial charge on any atom is 0.228 e. The molecule has 3 rings (SSSR count). The Morgan fingerprint density at radius 2 is 1.87 bits per heavy atom. The van der Waals surface area contributed by atoms with E-state index in [2.05, 4.69) is 47.2 Å². The number of hydrogen-bond acceptors (Lipinski definition) is 2. The Morgan fingerprint density at radius 1 is 1.22 bits per heavy atom. The maximum atomic E-state index is 13.0. The van der Waals surface area contributed by atoms with E-state index in [0.29, 0.717) is 6.54 Å². The van der Waals surface area contributed by atoms with Crippen molar-refractivity contribution in [3.05, 3.63) is 35.9 Å². The number of Topliss-reactive ketones (excluding diaryl/α,β-unsaturated/α-hetero) is 1. The molecule has 2 aliphatic carbocycles. The van der Waals surface area contributed by atoms with E-state index in [0.717, 1.165) is 19.3 Å². The monoisotopic (exact) mass is 377 g/mol. The van der Waals surface area contributed by atoms with Crippen LogP contribution in [0.25, 0.3) is 0 Å². The number of fused-ring (bicyclic) bond motifs is 2. The van der Waals surface area contributed by atoms with Crippen molar-refractivity contribution in [2.45, 2.75) is 44.9 Å². The molecule has 3 nitrogen and oxygen atoms in total. The van der Waals surface area contributed by atoms with Crippen LogP contribution in [-0.4, -0.2) is 23.1 Å². The van der Waals surface area contributed by atoms with Gasteiger partial charge in [-0.05, 0) is 30.2 Å². The number of carbonyl (C=O) groups is 2. The van der Waals surface area contributed by atoms with Gasteiger partial charge >= 0.3 is 0 Å². The van der Waals surface area contributed by atoms with E-state index in [1.807, 2.05) is 25.1 Å². The Kier molecular flexibility index (Phi) is 3.95. The summed E-state index contributed by atoms with van der Waals surface area (Å²) >= 11 is 3.56. The molecule has 0 aliphatic heterocycles. The van der Waals surface area contributed by atoms with Gasteiger partial charge in [0.2, 0.25) is 5.91 Å². The molecular formula is C19H24BrNO2. The smallest absolute Gasteiger partial charge is 0.228 e. The van der Waals surface area contributed by atoms with E-state index < -0.39 is 10.8 Å². The molecule has 23 heavy (non-hydrogen) atoms. The first-order valence-corrected chi connectivity index (χ1v) is 9.19. The second-order valence-electron chi connectivity index (χ2n) is 7.65. The first-order chi connectivity index (χ1) is 10.8. The molecule has 2 fully saturated rings. The lowest BCUT2D eigenvalue weighted by atomic mass is 9.64. The second kappa shape index (κ2) is 5.44. The van der Waals surface area contributed by atoms with E-state index in [9.17, 15) is 9.59 Å². The minimum atomic E-state index is -0.629. The predicted molar refractivity (Wildman–Crippen MR) is 94.4 cm³/mol. The summed E-state index contributed by atoms with van der Waals surface area (Å²) in [6.45, 7) is 6.78. The summed E-state index contributed by atoms with van der Waals surface area (Å²) in [6.07, 6.45) is 2.38. The second-order valence-corrected chi connectivity index (χ2v) is 8.56. The highest BCUT2D eigenvalue weighted by Crippen LogP contribution is 2.72. The van der Waals surface area contributed by atoms with Gasteiger partial charge in [0.15, 0.2) is 5.78 Å². The van der Waals surface area contributed by atoms with Gasteiger partial charge in [0, 0.05) is 12.0 Å². The van der Waals surface area contributed by atoms with Crippen LogP contribution in [0.15, 0.2) is 30.3 Å². The van der Waals surface area contributed by atoms with Crippen LogP contribution in [-0.2, 0) is 16.0 Å². The first-order valence-electron chi connectivity index (χ1n) is 8.28. The molecule has 2 aliphatic rings. The molecule has 0 heterocycles. The van der Waals surface area contributed by atoms with E-state index in [1.54, 1.807) is 0 Å². The molecule has 1 amide bonds. The molecule has 0 spiro atoms. The van der Waals surface area contributed by atoms with E-state index in [1.165, 1.54) is 5.56 Å². The van der Waals surface area contributed by atoms with Crippen LogP contribution in [0.1, 0.15) is 39.2 Å². The minimum Gasteiger partial charge on any atom is -0.355 e. The third kappa shape index (κ3) is 2.07. The highest BCUT2D eigenvalue weighted by atomic mass is 79.9. The summed E-state index contributed by atoms with van der Waals surface area (Å²) in [7, 11) is 0. The van der Waals surface area contributed by atoms with Crippen LogP contribution in [0.2, 0.25) is 0 Å². The van der Waals surface area contributed by atoms with Crippen LogP contribution in [0, 0.1) is 16.2 Å². The summed E-state index contributed by atoms with van der Waals surface area (Å²) < 4.78 is 0. The van der Waals surface area contributed by atoms with E-state index in [-0.39, 0.29) is 21.9 Å². The van der Waals surface area contributed by atoms with Crippen molar-refractivity contribution < 1.29 is 9.59 Å². The van der Waals surface area contributed by atoms with Crippen LogP contribution in [0.4, 0.5) is 0 Å². The number of alkyl halides is 1. The van der Waals surface area contributed by atoms with Crippen molar-refractivity contribution in [2.24, 2.45) is 16.2 Å². The highest BCUT2D eigenvalue weighted by molar-refractivity contribution is 9.10. The molecule has 3 atom stereocenters. The Bertz CT molecular complexity index is 642. The molecule has 1 aromatic carbocycles. The number of nitrogens with one attached hydrogen (secondary N) is 1. The molecule has 0 aromatic heterocycles. The topological polar surface area (TPSA) is 46.2 Å². The molecule has 124 valence electrons. The Morgan fingerprint density at radius 3 is 2.43 bits per heavy atom. The first kappa shape index (κ1) is 16.7. The summed E-state index contributed by atoms with van der Waals surface area (Å²) in [5, 5.41) is 3.09. The quantitative estimate of drug-likeness (QED) is 0.816. The van der Waals surface area contributed by atoms with Gasteiger partial charge in [-0.15, -0.1) is 0 Å². The summed E-state index contributed by atoms with van der Waals surface area (Å²) in [6, 6.07) is 10.1. The van der Waals surface area contributed by atoms with Crippen molar-refractivity contribution in [3.63, 3.8) is 0 Å². The van der Waals surface area contributed by atoms with Gasteiger partial charge in [-0.25, -0.2) is 0 Å². The van der Waals surface area contributed by atoms with Gasteiger partial charge in [-0.1, -0.05) is 67.0 Å². The van der Waals surface area contributed by atoms with E-state index in [4.69, 9.17) is 0 Å². The standard InChI is InChI=1S/C19H24BrNO2/c1-17(2)18(3)10-11-19(17,14(20)15(18)22)16(23)21-12-9-13-7-5-4-6-8-13/h4-8,14H,9-12H2,1-3H3,(H,21,23). The molecule has 3 unspecified atom stereocenters. The van der Waals surface area contributed by atoms with Gasteiger partial charge < -0.3 is 5.32 Å². The molecule has 1 aromatic rings. The van der Waals surface area contributed by atoms with Gasteiger partial charge in [-0.2, -0.15) is 0 Å². The lowest BCUT2D eigenvalue weighted by molar-refractivity contribution is -0.135. The Hall–Kier alpha value is -1.16. The SMILES string of the molecule is CC12CCC(C(=O)NCCc3ccccc3)(C(Br)C1=O)C2(C)C. The zero-order valence-corrected chi connectivity index (χ0v) is 15.6. The van der Waals surface area contributed by atoms with Crippen LogP contribution >= 0.6 is 15.9 Å². The summed E-state index contributed by atoms with van der Waals surface area (Å²) in [4.78, 5) is 25.3. The van der Waals surface area contributed by atoms with Crippen molar-refractivity contribution >= 4 is 27.6 Å². The van der Waals surface area contributed by atoms with Crippen LogP contribution < -0.4 is 5.32 Å². The molecule has 4 heteroatoms. The largest absolute Gasteiger partial charge is 0.355 e. The number of rotatable bonds is 4. The normalized spacial score (nSPS) is 34.6. The zero-order valence-electron chi connectivity index (χ0n) is 14.0. The van der Waals surface area contributed by atoms with Crippen molar-refractivity contribution in [2.75, 3.05) is 6.54 Å². The number of hydrogen-bond donors (Lipinski definition) is 1. The van der Waals surface area contributed by atoms with Crippen molar-refractivity contribution in [1.82, 2.24) is 5.32 Å². The number of amides is 1. The Labute approximate surface area is 146 Å². The maximum absolute atomic E-state index is 13.0. The predicted octanol–water partition coefficient (Wildman–Crippen LogP) is 3.50. The molecule has 1 N–H and O–H groups in total. The van der Waals surface area contributed by atoms with Crippen LogP contribution in [0.5, 0.6) is 0 Å². The lowest BCUT2D eigenvalue weighted by Gasteiger charge is -2.39.